The van der Waals surface area contributed by atoms with Gasteiger partial charge in [-0.15, -0.1) is 23.5 Å². The van der Waals surface area contributed by atoms with Gasteiger partial charge in [-0.2, -0.15) is 0 Å². The van der Waals surface area contributed by atoms with Crippen molar-refractivity contribution in [3.8, 4) is 0 Å². The van der Waals surface area contributed by atoms with Crippen LogP contribution in [0.15, 0.2) is 29.2 Å². The van der Waals surface area contributed by atoms with Crippen molar-refractivity contribution in [1.82, 2.24) is 5.32 Å². The average molecular weight is 285 g/mol. The van der Waals surface area contributed by atoms with Crippen LogP contribution in [0, 0.1) is 0 Å². The zero-order valence-electron chi connectivity index (χ0n) is 10.0. The average Bonchev–Trinajstić information content (AvgIpc) is 2.38. The third-order valence-corrected chi connectivity index (χ3v) is 3.80. The third kappa shape index (κ3) is 5.46. The van der Waals surface area contributed by atoms with E-state index in [2.05, 4.69) is 5.32 Å². The van der Waals surface area contributed by atoms with Crippen molar-refractivity contribution >= 4 is 35.4 Å². The summed E-state index contributed by atoms with van der Waals surface area (Å²) in [7, 11) is 0. The van der Waals surface area contributed by atoms with Crippen molar-refractivity contribution < 1.29 is 14.7 Å². The molecule has 4 nitrogen and oxygen atoms in total. The van der Waals surface area contributed by atoms with E-state index in [1.807, 2.05) is 18.4 Å². The topological polar surface area (TPSA) is 66.4 Å². The molecule has 2 N–H and O–H groups in total. The molecule has 1 aromatic carbocycles. The number of amides is 1. The predicted octanol–water partition coefficient (Wildman–Crippen LogP) is 1.96. The van der Waals surface area contributed by atoms with Crippen molar-refractivity contribution in [2.75, 3.05) is 24.3 Å². The van der Waals surface area contributed by atoms with Crippen LogP contribution in [0.3, 0.4) is 0 Å². The fourth-order valence-corrected chi connectivity index (χ4v) is 2.21. The van der Waals surface area contributed by atoms with Gasteiger partial charge in [0.25, 0.3) is 5.91 Å². The van der Waals surface area contributed by atoms with E-state index < -0.39 is 5.97 Å². The molecule has 0 bridgehead atoms. The Hall–Kier alpha value is -1.14. The molecule has 18 heavy (non-hydrogen) atoms. The quantitative estimate of drug-likeness (QED) is 0.592. The fourth-order valence-electron chi connectivity index (χ4n) is 1.24. The minimum absolute atomic E-state index is 0.0677. The lowest BCUT2D eigenvalue weighted by atomic mass is 10.2. The van der Waals surface area contributed by atoms with Crippen molar-refractivity contribution in [3.05, 3.63) is 29.8 Å². The lowest BCUT2D eigenvalue weighted by Gasteiger charge is -2.05. The van der Waals surface area contributed by atoms with Gasteiger partial charge in [-0.25, -0.2) is 0 Å². The van der Waals surface area contributed by atoms with Crippen LogP contribution in [-0.4, -0.2) is 41.3 Å². The molecule has 1 amide bonds. The highest BCUT2D eigenvalue weighted by molar-refractivity contribution is 7.99. The number of carbonyl (C=O) groups is 2. The van der Waals surface area contributed by atoms with Crippen LogP contribution >= 0.6 is 23.5 Å². The molecule has 6 heteroatoms. The summed E-state index contributed by atoms with van der Waals surface area (Å²) in [5.41, 5.74) is 0.621. The summed E-state index contributed by atoms with van der Waals surface area (Å²) in [5.74, 6) is -0.295. The molecule has 0 aliphatic rings. The molecule has 0 aromatic heterocycles. The molecule has 0 heterocycles. The molecule has 0 saturated heterocycles. The summed E-state index contributed by atoms with van der Waals surface area (Å²) in [6.45, 7) is 0.473. The van der Waals surface area contributed by atoms with Gasteiger partial charge in [0.1, 0.15) is 0 Å². The number of carboxylic acid groups (broad SMARTS) is 1. The van der Waals surface area contributed by atoms with E-state index in [1.165, 1.54) is 11.8 Å². The van der Waals surface area contributed by atoms with E-state index in [0.717, 1.165) is 4.90 Å². The van der Waals surface area contributed by atoms with Gasteiger partial charge < -0.3 is 10.4 Å². The van der Waals surface area contributed by atoms with Gasteiger partial charge in [-0.05, 0) is 30.5 Å². The Balaban J connectivity index is 2.29. The van der Waals surface area contributed by atoms with Crippen LogP contribution in [-0.2, 0) is 4.79 Å². The predicted molar refractivity (Wildman–Crippen MR) is 75.5 cm³/mol. The van der Waals surface area contributed by atoms with Gasteiger partial charge >= 0.3 is 5.97 Å². The van der Waals surface area contributed by atoms with Gasteiger partial charge in [0.05, 0.1) is 5.75 Å². The van der Waals surface area contributed by atoms with Gasteiger partial charge in [0.2, 0.25) is 0 Å². The van der Waals surface area contributed by atoms with Crippen LogP contribution in [0.5, 0.6) is 0 Å². The highest BCUT2D eigenvalue weighted by Crippen LogP contribution is 2.14. The van der Waals surface area contributed by atoms with Crippen molar-refractivity contribution in [2.45, 2.75) is 4.90 Å². The minimum atomic E-state index is -0.834. The Bertz CT molecular complexity index is 406. The van der Waals surface area contributed by atoms with E-state index in [-0.39, 0.29) is 11.7 Å². The molecule has 98 valence electrons. The molecule has 0 unspecified atom stereocenters. The highest BCUT2D eigenvalue weighted by Gasteiger charge is 2.04. The molecule has 0 aliphatic carbocycles. The Kier molecular flexibility index (Phi) is 6.67. The van der Waals surface area contributed by atoms with Crippen LogP contribution in [0.25, 0.3) is 0 Å². The van der Waals surface area contributed by atoms with Crippen LogP contribution in [0.4, 0.5) is 0 Å². The van der Waals surface area contributed by atoms with E-state index in [9.17, 15) is 9.59 Å². The van der Waals surface area contributed by atoms with Crippen LogP contribution in [0.1, 0.15) is 10.4 Å². The van der Waals surface area contributed by atoms with Crippen molar-refractivity contribution in [2.24, 2.45) is 0 Å². The normalized spacial score (nSPS) is 10.1. The minimum Gasteiger partial charge on any atom is -0.481 e. The van der Waals surface area contributed by atoms with Crippen molar-refractivity contribution in [1.29, 1.82) is 0 Å². The molecular formula is C12H15NO3S2. The second kappa shape index (κ2) is 8.05. The number of hydrogen-bond donors (Lipinski definition) is 2. The second-order valence-corrected chi connectivity index (χ2v) is 5.42. The largest absolute Gasteiger partial charge is 0.481 e. The van der Waals surface area contributed by atoms with E-state index in [0.29, 0.717) is 17.9 Å². The summed E-state index contributed by atoms with van der Waals surface area (Å²) in [6.07, 6.45) is 1.98. The van der Waals surface area contributed by atoms with Gasteiger partial charge in [0.15, 0.2) is 0 Å². The molecular weight excluding hydrogens is 270 g/mol. The molecule has 0 aliphatic heterocycles. The smallest absolute Gasteiger partial charge is 0.313 e. The van der Waals surface area contributed by atoms with E-state index in [1.54, 1.807) is 23.9 Å². The maximum Gasteiger partial charge on any atom is 0.313 e. The maximum atomic E-state index is 11.7. The second-order valence-electron chi connectivity index (χ2n) is 3.43. The molecule has 0 atom stereocenters. The van der Waals surface area contributed by atoms with Crippen LogP contribution < -0.4 is 5.32 Å². The zero-order chi connectivity index (χ0) is 13.4. The summed E-state index contributed by atoms with van der Waals surface area (Å²) in [4.78, 5) is 23.1. The Labute approximate surface area is 115 Å². The SMILES string of the molecule is CSc1ccc(C(=O)NCCSCC(=O)O)cc1. The first kappa shape index (κ1) is 14.9. The molecule has 0 spiro atoms. The lowest BCUT2D eigenvalue weighted by Crippen LogP contribution is -2.25. The van der Waals surface area contributed by atoms with E-state index in [4.69, 9.17) is 5.11 Å². The lowest BCUT2D eigenvalue weighted by molar-refractivity contribution is -0.133. The van der Waals surface area contributed by atoms with Gasteiger partial charge in [0, 0.05) is 22.8 Å². The number of carbonyl (C=O) groups excluding carboxylic acids is 1. The van der Waals surface area contributed by atoms with E-state index >= 15 is 0 Å². The molecule has 0 radical (unpaired) electrons. The van der Waals surface area contributed by atoms with Crippen LogP contribution in [0.2, 0.25) is 0 Å². The number of benzene rings is 1. The number of hydrogen-bond acceptors (Lipinski definition) is 4. The Morgan fingerprint density at radius 3 is 2.50 bits per heavy atom. The van der Waals surface area contributed by atoms with Gasteiger partial charge in [-0.1, -0.05) is 0 Å². The first-order chi connectivity index (χ1) is 8.63. The summed E-state index contributed by atoms with van der Waals surface area (Å²) >= 11 is 2.91. The Morgan fingerprint density at radius 2 is 1.94 bits per heavy atom. The zero-order valence-corrected chi connectivity index (χ0v) is 11.6. The summed E-state index contributed by atoms with van der Waals surface area (Å²) in [5, 5.41) is 11.2. The number of rotatable bonds is 7. The van der Waals surface area contributed by atoms with Crippen molar-refractivity contribution in [3.63, 3.8) is 0 Å². The number of aliphatic carboxylic acids is 1. The number of carboxylic acids is 1. The first-order valence-electron chi connectivity index (χ1n) is 5.35. The maximum absolute atomic E-state index is 11.7. The summed E-state index contributed by atoms with van der Waals surface area (Å²) < 4.78 is 0. The molecule has 1 rings (SSSR count). The van der Waals surface area contributed by atoms with Gasteiger partial charge in [-0.3, -0.25) is 9.59 Å². The molecule has 0 fully saturated rings. The third-order valence-electron chi connectivity index (χ3n) is 2.11. The monoisotopic (exact) mass is 285 g/mol. The standard InChI is InChI=1S/C12H15NO3S2/c1-17-10-4-2-9(3-5-10)12(16)13-6-7-18-8-11(14)15/h2-5H,6-8H2,1H3,(H,13,16)(H,14,15). The number of thioether (sulfide) groups is 2. The summed E-state index contributed by atoms with van der Waals surface area (Å²) in [6, 6.07) is 7.37. The molecule has 0 saturated carbocycles. The number of nitrogens with one attached hydrogen (secondary N) is 1. The Morgan fingerprint density at radius 1 is 1.28 bits per heavy atom. The highest BCUT2D eigenvalue weighted by atomic mass is 32.2. The molecule has 1 aromatic rings. The first-order valence-corrected chi connectivity index (χ1v) is 7.73. The fraction of sp³-hybridized carbons (Fsp3) is 0.333.